The van der Waals surface area contributed by atoms with E-state index in [1.54, 1.807) is 37.4 Å². The molecule has 12 heteroatoms. The average molecular weight is 519 g/mol. The molecule has 0 aliphatic carbocycles. The SMILES string of the molecule is CCCOc1cc2c(c3c(=O)c(-c4ccc(OC)cc4)cn(COP(=O)([O-])[O-])c13)CCCO2.[Na+].[Na+]. The molecule has 0 atom stereocenters. The van der Waals surface area contributed by atoms with E-state index >= 15 is 0 Å². The van der Waals surface area contributed by atoms with Gasteiger partial charge in [0.15, 0.2) is 5.43 Å². The van der Waals surface area contributed by atoms with Crippen molar-refractivity contribution in [3.05, 3.63) is 52.3 Å². The number of phosphoric ester groups is 1. The van der Waals surface area contributed by atoms with E-state index in [1.807, 2.05) is 6.92 Å². The first kappa shape index (κ1) is 30.4. The van der Waals surface area contributed by atoms with Gasteiger partial charge in [-0.05, 0) is 37.0 Å². The second-order valence-corrected chi connectivity index (χ2v) is 8.80. The molecule has 35 heavy (non-hydrogen) atoms. The summed E-state index contributed by atoms with van der Waals surface area (Å²) in [6, 6.07) is 8.63. The van der Waals surface area contributed by atoms with Gasteiger partial charge in [0.2, 0.25) is 0 Å². The number of benzene rings is 2. The van der Waals surface area contributed by atoms with Crippen molar-refractivity contribution < 1.29 is 92.2 Å². The van der Waals surface area contributed by atoms with Gasteiger partial charge in [0.1, 0.15) is 24.0 Å². The molecule has 0 saturated carbocycles. The quantitative estimate of drug-likeness (QED) is 0.223. The standard InChI is InChI=1S/C23H26NO8P.2Na/c1-3-10-30-20-12-19-17(5-4-11-31-19)21-22(20)24(14-32-33(26,27)28)13-18(23(21)25)15-6-8-16(29-2)9-7-15;;/h6-9,12-13H,3-5,10-11,14H2,1-2H3,(H2,26,27,28);;/q;2*+1/p-2. The normalized spacial score (nSPS) is 12.7. The first-order valence-corrected chi connectivity index (χ1v) is 12.1. The van der Waals surface area contributed by atoms with Crippen LogP contribution in [0, 0.1) is 0 Å². The molecular weight excluding hydrogens is 495 g/mol. The molecule has 0 amide bonds. The largest absolute Gasteiger partial charge is 1.00 e. The van der Waals surface area contributed by atoms with Crippen molar-refractivity contribution in [3.63, 3.8) is 0 Å². The van der Waals surface area contributed by atoms with Crippen LogP contribution in [-0.4, -0.2) is 24.9 Å². The zero-order chi connectivity index (χ0) is 23.6. The maximum atomic E-state index is 13.8. The van der Waals surface area contributed by atoms with Crippen LogP contribution >= 0.6 is 7.82 Å². The number of fused-ring (bicyclic) bond motifs is 3. The van der Waals surface area contributed by atoms with Gasteiger partial charge in [0.25, 0.3) is 0 Å². The van der Waals surface area contributed by atoms with Gasteiger partial charge >= 0.3 is 59.1 Å². The monoisotopic (exact) mass is 519 g/mol. The summed E-state index contributed by atoms with van der Waals surface area (Å²) < 4.78 is 34.2. The fourth-order valence-corrected chi connectivity index (χ4v) is 4.21. The van der Waals surface area contributed by atoms with Gasteiger partial charge in [-0.2, -0.15) is 0 Å². The van der Waals surface area contributed by atoms with Crippen LogP contribution in [0.1, 0.15) is 25.3 Å². The summed E-state index contributed by atoms with van der Waals surface area (Å²) in [5.74, 6) is 1.55. The maximum absolute atomic E-state index is 13.8. The molecule has 0 fully saturated rings. The van der Waals surface area contributed by atoms with E-state index in [2.05, 4.69) is 4.52 Å². The minimum absolute atomic E-state index is 0. The molecule has 9 nitrogen and oxygen atoms in total. The Morgan fingerprint density at radius 3 is 2.51 bits per heavy atom. The number of pyridine rings is 1. The maximum Gasteiger partial charge on any atom is 1.00 e. The molecule has 1 aliphatic heterocycles. The molecule has 0 radical (unpaired) electrons. The van der Waals surface area contributed by atoms with Gasteiger partial charge in [-0.3, -0.25) is 4.79 Å². The minimum Gasteiger partial charge on any atom is -0.790 e. The van der Waals surface area contributed by atoms with Crippen molar-refractivity contribution >= 4 is 18.7 Å². The van der Waals surface area contributed by atoms with Gasteiger partial charge < -0.3 is 37.7 Å². The predicted molar refractivity (Wildman–Crippen MR) is 118 cm³/mol. The van der Waals surface area contributed by atoms with Crippen LogP contribution in [0.5, 0.6) is 17.2 Å². The van der Waals surface area contributed by atoms with Crippen LogP contribution in [0.3, 0.4) is 0 Å². The van der Waals surface area contributed by atoms with Crippen molar-refractivity contribution in [2.45, 2.75) is 32.9 Å². The summed E-state index contributed by atoms with van der Waals surface area (Å²) in [7, 11) is -3.71. The molecule has 0 unspecified atom stereocenters. The van der Waals surface area contributed by atoms with Crippen molar-refractivity contribution in [3.8, 4) is 28.4 Å². The second-order valence-electron chi connectivity index (χ2n) is 7.65. The summed E-state index contributed by atoms with van der Waals surface area (Å²) >= 11 is 0. The molecule has 0 saturated heterocycles. The third-order valence-electron chi connectivity index (χ3n) is 5.42. The summed E-state index contributed by atoms with van der Waals surface area (Å²) in [6.07, 6.45) is 3.55. The van der Waals surface area contributed by atoms with E-state index in [4.69, 9.17) is 14.2 Å². The van der Waals surface area contributed by atoms with Crippen LogP contribution in [0.25, 0.3) is 22.0 Å². The molecule has 0 N–H and O–H groups in total. The van der Waals surface area contributed by atoms with Crippen molar-refractivity contribution in [2.24, 2.45) is 0 Å². The Bertz CT molecular complexity index is 1270. The zero-order valence-corrected chi connectivity index (χ0v) is 25.3. The molecule has 176 valence electrons. The summed E-state index contributed by atoms with van der Waals surface area (Å²) in [5.41, 5.74) is 1.77. The van der Waals surface area contributed by atoms with Crippen molar-refractivity contribution in [1.82, 2.24) is 4.57 Å². The number of methoxy groups -OCH3 is 1. The third-order valence-corrected chi connectivity index (χ3v) is 5.85. The second kappa shape index (κ2) is 13.1. The van der Waals surface area contributed by atoms with Crippen LogP contribution in [-0.2, 0) is 22.2 Å². The van der Waals surface area contributed by atoms with Crippen molar-refractivity contribution in [1.29, 1.82) is 0 Å². The number of aryl methyl sites for hydroxylation is 1. The fourth-order valence-electron chi connectivity index (χ4n) is 3.95. The molecule has 1 aliphatic rings. The summed E-state index contributed by atoms with van der Waals surface area (Å²) in [4.78, 5) is 36.2. The van der Waals surface area contributed by atoms with Crippen LogP contribution < -0.4 is 88.5 Å². The number of ether oxygens (including phenoxy) is 3. The average Bonchev–Trinajstić information content (AvgIpc) is 2.81. The smallest absolute Gasteiger partial charge is 0.790 e. The molecule has 2 heterocycles. The Morgan fingerprint density at radius 2 is 1.89 bits per heavy atom. The van der Waals surface area contributed by atoms with E-state index in [-0.39, 0.29) is 64.5 Å². The predicted octanol–water partition coefficient (Wildman–Crippen LogP) is -3.40. The topological polar surface area (TPSA) is 122 Å². The van der Waals surface area contributed by atoms with Gasteiger partial charge in [0.05, 0.1) is 39.0 Å². The van der Waals surface area contributed by atoms with E-state index in [0.717, 1.165) is 18.4 Å². The Kier molecular flexibility index (Phi) is 11.4. The molecule has 4 rings (SSSR count). The van der Waals surface area contributed by atoms with E-state index < -0.39 is 14.6 Å². The number of rotatable bonds is 8. The van der Waals surface area contributed by atoms with Crippen LogP contribution in [0.4, 0.5) is 0 Å². The first-order valence-electron chi connectivity index (χ1n) is 10.6. The zero-order valence-electron chi connectivity index (χ0n) is 20.4. The molecule has 0 spiro atoms. The number of aromatic nitrogens is 1. The summed E-state index contributed by atoms with van der Waals surface area (Å²) in [6.45, 7) is 2.26. The third kappa shape index (κ3) is 6.93. The molecular formula is C23H24NNa2O8P. The fraction of sp³-hybridized carbons (Fsp3) is 0.348. The van der Waals surface area contributed by atoms with Gasteiger partial charge in [-0.15, -0.1) is 0 Å². The Balaban J connectivity index is 0.00000216. The molecule has 1 aromatic heterocycles. The Morgan fingerprint density at radius 1 is 1.17 bits per heavy atom. The van der Waals surface area contributed by atoms with Gasteiger partial charge in [-0.25, -0.2) is 0 Å². The number of nitrogens with zero attached hydrogens (tertiary/aromatic N) is 1. The van der Waals surface area contributed by atoms with Crippen LogP contribution in [0.15, 0.2) is 41.3 Å². The molecule has 3 aromatic rings. The van der Waals surface area contributed by atoms with Gasteiger partial charge in [-0.1, -0.05) is 19.1 Å². The van der Waals surface area contributed by atoms with Gasteiger partial charge in [0, 0.05) is 23.4 Å². The van der Waals surface area contributed by atoms with E-state index in [0.29, 0.717) is 58.9 Å². The number of hydrogen-bond acceptors (Lipinski definition) is 8. The van der Waals surface area contributed by atoms with E-state index in [9.17, 15) is 19.1 Å². The molecule has 2 aromatic carbocycles. The Labute approximate surface area is 247 Å². The molecule has 0 bridgehead atoms. The minimum atomic E-state index is -5.26. The van der Waals surface area contributed by atoms with Crippen LogP contribution in [0.2, 0.25) is 0 Å². The number of phosphoric acid groups is 1. The Hall–Kier alpha value is -0.840. The number of hydrogen-bond donors (Lipinski definition) is 0. The first-order chi connectivity index (χ1) is 15.8. The summed E-state index contributed by atoms with van der Waals surface area (Å²) in [5, 5.41) is 0.363. The van der Waals surface area contributed by atoms with Crippen molar-refractivity contribution in [2.75, 3.05) is 20.3 Å². The van der Waals surface area contributed by atoms with E-state index in [1.165, 1.54) is 10.8 Å².